The summed E-state index contributed by atoms with van der Waals surface area (Å²) in [5.74, 6) is -0.0279. The molecule has 118 valence electrons. The molecule has 2 N–H and O–H groups in total. The van der Waals surface area contributed by atoms with Crippen molar-refractivity contribution >= 4 is 17.2 Å². The van der Waals surface area contributed by atoms with Gasteiger partial charge in [-0.15, -0.1) is 11.3 Å². The zero-order chi connectivity index (χ0) is 15.1. The average molecular weight is 312 g/mol. The summed E-state index contributed by atoms with van der Waals surface area (Å²) in [5.41, 5.74) is 0. The highest BCUT2D eigenvalue weighted by Gasteiger charge is 2.21. The second kappa shape index (κ2) is 8.48. The van der Waals surface area contributed by atoms with Gasteiger partial charge in [-0.05, 0) is 31.5 Å². The van der Waals surface area contributed by atoms with Gasteiger partial charge in [0.2, 0.25) is 0 Å². The summed E-state index contributed by atoms with van der Waals surface area (Å²) in [6.45, 7) is 3.18. The number of nitrogens with zero attached hydrogens (tertiary/aromatic N) is 1. The van der Waals surface area contributed by atoms with Crippen molar-refractivity contribution in [3.63, 3.8) is 0 Å². The Morgan fingerprint density at radius 1 is 1.52 bits per heavy atom. The summed E-state index contributed by atoms with van der Waals surface area (Å²) in [6.07, 6.45) is 3.41. The standard InChI is InChI=1S/C15H24N2O3S/c1-20-11-13-5-6-14(21-13)15(19)16-7-9-17-8-3-2-4-12(17)10-18/h5-6,12,18H,2-4,7-11H2,1H3,(H,16,19)/t12-/m1/s1. The Hall–Kier alpha value is -0.950. The molecule has 0 bridgehead atoms. The molecule has 0 spiro atoms. The molecule has 2 heterocycles. The molecule has 1 aliphatic heterocycles. The van der Waals surface area contributed by atoms with Gasteiger partial charge in [-0.25, -0.2) is 0 Å². The van der Waals surface area contributed by atoms with Crippen molar-refractivity contribution in [3.05, 3.63) is 21.9 Å². The van der Waals surface area contributed by atoms with Gasteiger partial charge < -0.3 is 15.2 Å². The molecule has 5 nitrogen and oxygen atoms in total. The highest BCUT2D eigenvalue weighted by Crippen LogP contribution is 2.17. The third kappa shape index (κ3) is 4.78. The molecule has 1 aromatic rings. The molecule has 1 fully saturated rings. The third-order valence-corrected chi connectivity index (χ3v) is 4.87. The molecule has 1 aliphatic rings. The first-order valence-electron chi connectivity index (χ1n) is 7.45. The van der Waals surface area contributed by atoms with Crippen LogP contribution in [0.5, 0.6) is 0 Å². The van der Waals surface area contributed by atoms with E-state index in [1.54, 1.807) is 7.11 Å². The topological polar surface area (TPSA) is 61.8 Å². The number of nitrogens with one attached hydrogen (secondary N) is 1. The molecule has 0 saturated carbocycles. The van der Waals surface area contributed by atoms with Crippen LogP contribution in [-0.2, 0) is 11.3 Å². The van der Waals surface area contributed by atoms with Gasteiger partial charge in [0.1, 0.15) is 0 Å². The van der Waals surface area contributed by atoms with Crippen molar-refractivity contribution < 1.29 is 14.6 Å². The molecule has 0 aromatic carbocycles. The minimum Gasteiger partial charge on any atom is -0.395 e. The molecular formula is C15H24N2O3S. The van der Waals surface area contributed by atoms with E-state index in [1.807, 2.05) is 12.1 Å². The number of rotatable bonds is 7. The van der Waals surface area contributed by atoms with Gasteiger partial charge in [0.15, 0.2) is 0 Å². The van der Waals surface area contributed by atoms with Crippen molar-refractivity contribution in [1.82, 2.24) is 10.2 Å². The predicted molar refractivity (Wildman–Crippen MR) is 83.7 cm³/mol. The van der Waals surface area contributed by atoms with Crippen molar-refractivity contribution in [2.24, 2.45) is 0 Å². The van der Waals surface area contributed by atoms with Crippen LogP contribution < -0.4 is 5.32 Å². The minimum absolute atomic E-state index is 0.0279. The van der Waals surface area contributed by atoms with Crippen LogP contribution in [0.4, 0.5) is 0 Å². The van der Waals surface area contributed by atoms with E-state index in [1.165, 1.54) is 24.2 Å². The number of likely N-dealkylation sites (tertiary alicyclic amines) is 1. The summed E-state index contributed by atoms with van der Waals surface area (Å²) >= 11 is 1.47. The van der Waals surface area contributed by atoms with Crippen LogP contribution in [0.25, 0.3) is 0 Å². The predicted octanol–water partition coefficient (Wildman–Crippen LogP) is 1.47. The smallest absolute Gasteiger partial charge is 0.261 e. The molecule has 0 aliphatic carbocycles. The number of methoxy groups -OCH3 is 1. The van der Waals surface area contributed by atoms with E-state index in [0.717, 1.165) is 29.3 Å². The maximum absolute atomic E-state index is 12.0. The molecule has 1 atom stereocenters. The highest BCUT2D eigenvalue weighted by molar-refractivity contribution is 7.14. The molecular weight excluding hydrogens is 288 g/mol. The van der Waals surface area contributed by atoms with E-state index < -0.39 is 0 Å². The van der Waals surface area contributed by atoms with Gasteiger partial charge in [0, 0.05) is 31.1 Å². The minimum atomic E-state index is -0.0279. The summed E-state index contributed by atoms with van der Waals surface area (Å²) in [4.78, 5) is 16.1. The fourth-order valence-electron chi connectivity index (χ4n) is 2.68. The number of amides is 1. The van der Waals surface area contributed by atoms with Crippen molar-refractivity contribution in [2.75, 3.05) is 33.4 Å². The lowest BCUT2D eigenvalue weighted by molar-refractivity contribution is 0.0851. The van der Waals surface area contributed by atoms with E-state index >= 15 is 0 Å². The molecule has 0 unspecified atom stereocenters. The fourth-order valence-corrected chi connectivity index (χ4v) is 3.58. The maximum atomic E-state index is 12.0. The highest BCUT2D eigenvalue weighted by atomic mass is 32.1. The Morgan fingerprint density at radius 2 is 2.38 bits per heavy atom. The molecule has 1 amide bonds. The Balaban J connectivity index is 1.75. The van der Waals surface area contributed by atoms with Crippen LogP contribution >= 0.6 is 11.3 Å². The van der Waals surface area contributed by atoms with E-state index in [0.29, 0.717) is 13.2 Å². The monoisotopic (exact) mass is 312 g/mol. The Morgan fingerprint density at radius 3 is 3.14 bits per heavy atom. The van der Waals surface area contributed by atoms with Crippen LogP contribution in [0.2, 0.25) is 0 Å². The number of aliphatic hydroxyl groups excluding tert-OH is 1. The molecule has 1 saturated heterocycles. The number of hydrogen-bond donors (Lipinski definition) is 2. The van der Waals surface area contributed by atoms with E-state index in [9.17, 15) is 9.90 Å². The Bertz CT molecular complexity index is 450. The number of thiophene rings is 1. The quantitative estimate of drug-likeness (QED) is 0.800. The van der Waals surface area contributed by atoms with Gasteiger partial charge in [-0.1, -0.05) is 6.42 Å². The zero-order valence-electron chi connectivity index (χ0n) is 12.5. The largest absolute Gasteiger partial charge is 0.395 e. The van der Waals surface area contributed by atoms with Crippen LogP contribution in [0, 0.1) is 0 Å². The van der Waals surface area contributed by atoms with Crippen molar-refractivity contribution in [3.8, 4) is 0 Å². The summed E-state index contributed by atoms with van der Waals surface area (Å²) < 4.78 is 5.05. The van der Waals surface area contributed by atoms with Crippen LogP contribution in [-0.4, -0.2) is 55.3 Å². The van der Waals surface area contributed by atoms with E-state index in [4.69, 9.17) is 4.74 Å². The van der Waals surface area contributed by atoms with Crippen molar-refractivity contribution in [2.45, 2.75) is 31.9 Å². The van der Waals surface area contributed by atoms with Crippen LogP contribution in [0.1, 0.15) is 33.8 Å². The number of aliphatic hydroxyl groups is 1. The maximum Gasteiger partial charge on any atom is 0.261 e. The summed E-state index contributed by atoms with van der Waals surface area (Å²) in [7, 11) is 1.65. The van der Waals surface area contributed by atoms with Gasteiger partial charge in [-0.3, -0.25) is 9.69 Å². The van der Waals surface area contributed by atoms with Gasteiger partial charge >= 0.3 is 0 Å². The summed E-state index contributed by atoms with van der Waals surface area (Å²) in [6, 6.07) is 4.02. The Labute approximate surface area is 129 Å². The van der Waals surface area contributed by atoms with Gasteiger partial charge in [0.05, 0.1) is 18.1 Å². The lowest BCUT2D eigenvalue weighted by Crippen LogP contribution is -2.45. The lowest BCUT2D eigenvalue weighted by Gasteiger charge is -2.34. The second-order valence-corrected chi connectivity index (χ2v) is 6.49. The first-order valence-corrected chi connectivity index (χ1v) is 8.27. The number of ether oxygens (including phenoxy) is 1. The average Bonchev–Trinajstić information content (AvgIpc) is 2.97. The molecule has 0 radical (unpaired) electrons. The summed E-state index contributed by atoms with van der Waals surface area (Å²) in [5, 5.41) is 12.3. The molecule has 2 rings (SSSR count). The second-order valence-electron chi connectivity index (χ2n) is 5.32. The number of hydrogen-bond acceptors (Lipinski definition) is 5. The van der Waals surface area contributed by atoms with Crippen LogP contribution in [0.15, 0.2) is 12.1 Å². The van der Waals surface area contributed by atoms with Crippen LogP contribution in [0.3, 0.4) is 0 Å². The van der Waals surface area contributed by atoms with E-state index in [-0.39, 0.29) is 18.6 Å². The fraction of sp³-hybridized carbons (Fsp3) is 0.667. The van der Waals surface area contributed by atoms with Gasteiger partial charge in [-0.2, -0.15) is 0 Å². The molecule has 6 heteroatoms. The SMILES string of the molecule is COCc1ccc(C(=O)NCCN2CCCC[C@@H]2CO)s1. The Kier molecular flexibility index (Phi) is 6.63. The first-order chi connectivity index (χ1) is 10.2. The van der Waals surface area contributed by atoms with E-state index in [2.05, 4.69) is 10.2 Å². The number of carbonyl (C=O) groups is 1. The molecule has 21 heavy (non-hydrogen) atoms. The molecule has 1 aromatic heterocycles. The normalized spacial score (nSPS) is 19.6. The first kappa shape index (κ1) is 16.4. The number of piperidine rings is 1. The number of carbonyl (C=O) groups excluding carboxylic acids is 1. The van der Waals surface area contributed by atoms with Crippen molar-refractivity contribution in [1.29, 1.82) is 0 Å². The lowest BCUT2D eigenvalue weighted by atomic mass is 10.0. The van der Waals surface area contributed by atoms with Gasteiger partial charge in [0.25, 0.3) is 5.91 Å². The zero-order valence-corrected chi connectivity index (χ0v) is 13.3. The third-order valence-electron chi connectivity index (χ3n) is 3.82.